The third-order valence-electron chi connectivity index (χ3n) is 6.71. The molecule has 1 saturated heterocycles. The first-order valence-electron chi connectivity index (χ1n) is 11.2. The number of carbonyl (C=O) groups is 1. The molecule has 6 nitrogen and oxygen atoms in total. The van der Waals surface area contributed by atoms with Crippen molar-refractivity contribution in [1.29, 1.82) is 0 Å². The van der Waals surface area contributed by atoms with Crippen molar-refractivity contribution < 1.29 is 4.79 Å². The summed E-state index contributed by atoms with van der Waals surface area (Å²) < 4.78 is 2.31. The predicted octanol–water partition coefficient (Wildman–Crippen LogP) is 3.35. The molecule has 1 aliphatic carbocycles. The smallest absolute Gasteiger partial charge is 0.223 e. The number of likely N-dealkylation sites (N-methyl/N-ethyl adjacent to an activating group) is 1. The normalized spacial score (nSPS) is 20.1. The van der Waals surface area contributed by atoms with Crippen molar-refractivity contribution >= 4 is 17.1 Å². The molecule has 2 aromatic heterocycles. The standard InChI is InChI=1S/C23H35N5O/c1-18(2)17-28-20(25-19-7-6-10-24-22(19)28)15-23(8-4-5-9-23)16-21(29)27-13-11-26(3)12-14-27/h6-7,10,18H,4-5,8-9,11-17H2,1-3H3. The van der Waals surface area contributed by atoms with Crippen LogP contribution in [0.5, 0.6) is 0 Å². The highest BCUT2D eigenvalue weighted by Crippen LogP contribution is 2.44. The molecule has 158 valence electrons. The molecule has 2 aromatic rings. The van der Waals surface area contributed by atoms with Gasteiger partial charge in [0, 0.05) is 51.8 Å². The number of pyridine rings is 1. The monoisotopic (exact) mass is 397 g/mol. The third-order valence-corrected chi connectivity index (χ3v) is 6.71. The van der Waals surface area contributed by atoms with Gasteiger partial charge in [-0.2, -0.15) is 0 Å². The molecule has 0 aromatic carbocycles. The topological polar surface area (TPSA) is 54.3 Å². The molecule has 6 heteroatoms. The number of hydrogen-bond acceptors (Lipinski definition) is 4. The maximum atomic E-state index is 13.2. The number of hydrogen-bond donors (Lipinski definition) is 0. The van der Waals surface area contributed by atoms with Gasteiger partial charge < -0.3 is 14.4 Å². The van der Waals surface area contributed by atoms with Crippen LogP contribution in [-0.2, 0) is 17.8 Å². The highest BCUT2D eigenvalue weighted by molar-refractivity contribution is 5.77. The van der Waals surface area contributed by atoms with Gasteiger partial charge in [0.2, 0.25) is 5.91 Å². The van der Waals surface area contributed by atoms with Gasteiger partial charge in [0.25, 0.3) is 0 Å². The van der Waals surface area contributed by atoms with E-state index in [2.05, 4.69) is 46.3 Å². The highest BCUT2D eigenvalue weighted by Gasteiger charge is 2.39. The molecule has 0 radical (unpaired) electrons. The van der Waals surface area contributed by atoms with Gasteiger partial charge in [-0.25, -0.2) is 9.97 Å². The lowest BCUT2D eigenvalue weighted by molar-refractivity contribution is -0.135. The van der Waals surface area contributed by atoms with Crippen LogP contribution in [0.4, 0.5) is 0 Å². The van der Waals surface area contributed by atoms with Gasteiger partial charge in [0.15, 0.2) is 5.65 Å². The van der Waals surface area contributed by atoms with Crippen LogP contribution >= 0.6 is 0 Å². The first kappa shape index (κ1) is 20.3. The molecule has 4 rings (SSSR count). The SMILES string of the molecule is CC(C)Cn1c(CC2(CC(=O)N3CCN(C)CC3)CCCC2)nc2cccnc21. The van der Waals surface area contributed by atoms with E-state index in [9.17, 15) is 4.79 Å². The highest BCUT2D eigenvalue weighted by atomic mass is 16.2. The second-order valence-corrected chi connectivity index (χ2v) is 9.62. The Kier molecular flexibility index (Phi) is 5.91. The lowest BCUT2D eigenvalue weighted by atomic mass is 9.78. The molecule has 29 heavy (non-hydrogen) atoms. The number of amides is 1. The number of piperazine rings is 1. The Balaban J connectivity index is 1.57. The van der Waals surface area contributed by atoms with Crippen molar-refractivity contribution in [2.75, 3.05) is 33.2 Å². The first-order valence-corrected chi connectivity index (χ1v) is 11.2. The minimum atomic E-state index is 0.0521. The lowest BCUT2D eigenvalue weighted by Crippen LogP contribution is -2.48. The van der Waals surface area contributed by atoms with E-state index in [1.165, 1.54) is 12.8 Å². The number of fused-ring (bicyclic) bond motifs is 1. The Morgan fingerprint density at radius 1 is 1.17 bits per heavy atom. The summed E-state index contributed by atoms with van der Waals surface area (Å²) in [5.41, 5.74) is 2.01. The molecule has 3 heterocycles. The first-order chi connectivity index (χ1) is 14.0. The van der Waals surface area contributed by atoms with Gasteiger partial charge in [-0.1, -0.05) is 26.7 Å². The summed E-state index contributed by atoms with van der Waals surface area (Å²) in [5, 5.41) is 0. The number of aromatic nitrogens is 3. The van der Waals surface area contributed by atoms with Crippen LogP contribution < -0.4 is 0 Å². The molecular formula is C23H35N5O. The Morgan fingerprint density at radius 3 is 2.59 bits per heavy atom. The van der Waals surface area contributed by atoms with E-state index in [-0.39, 0.29) is 5.41 Å². The van der Waals surface area contributed by atoms with Crippen molar-refractivity contribution in [3.05, 3.63) is 24.2 Å². The van der Waals surface area contributed by atoms with E-state index in [1.807, 2.05) is 12.3 Å². The van der Waals surface area contributed by atoms with Gasteiger partial charge in [0.1, 0.15) is 11.3 Å². The molecule has 1 aliphatic heterocycles. The second kappa shape index (κ2) is 8.42. The molecule has 0 N–H and O–H groups in total. The quantitative estimate of drug-likeness (QED) is 0.750. The van der Waals surface area contributed by atoms with E-state index in [4.69, 9.17) is 4.98 Å². The van der Waals surface area contributed by atoms with E-state index >= 15 is 0 Å². The zero-order valence-electron chi connectivity index (χ0n) is 18.2. The van der Waals surface area contributed by atoms with E-state index in [0.29, 0.717) is 18.2 Å². The minimum Gasteiger partial charge on any atom is -0.340 e. The molecule has 0 atom stereocenters. The molecule has 0 bridgehead atoms. The molecule has 1 amide bonds. The molecule has 1 saturated carbocycles. The Labute approximate surface area is 174 Å². The van der Waals surface area contributed by atoms with Crippen LogP contribution in [0.3, 0.4) is 0 Å². The minimum absolute atomic E-state index is 0.0521. The summed E-state index contributed by atoms with van der Waals surface area (Å²) in [4.78, 5) is 27.1. The van der Waals surface area contributed by atoms with Crippen molar-refractivity contribution in [2.45, 2.75) is 58.9 Å². The van der Waals surface area contributed by atoms with E-state index in [0.717, 1.165) is 69.0 Å². The molecule has 0 spiro atoms. The van der Waals surface area contributed by atoms with Gasteiger partial charge in [-0.05, 0) is 43.4 Å². The third kappa shape index (κ3) is 4.47. The van der Waals surface area contributed by atoms with Crippen molar-refractivity contribution in [1.82, 2.24) is 24.3 Å². The fourth-order valence-corrected chi connectivity index (χ4v) is 5.06. The van der Waals surface area contributed by atoms with Gasteiger partial charge >= 0.3 is 0 Å². The summed E-state index contributed by atoms with van der Waals surface area (Å²) in [5.74, 6) is 1.98. The number of rotatable bonds is 6. The molecule has 2 fully saturated rings. The van der Waals surface area contributed by atoms with Gasteiger partial charge in [-0.3, -0.25) is 4.79 Å². The van der Waals surface area contributed by atoms with Crippen LogP contribution in [0, 0.1) is 11.3 Å². The Hall–Kier alpha value is -1.95. The van der Waals surface area contributed by atoms with Crippen LogP contribution in [0.25, 0.3) is 11.2 Å². The summed E-state index contributed by atoms with van der Waals surface area (Å²) in [6, 6.07) is 4.01. The summed E-state index contributed by atoms with van der Waals surface area (Å²) >= 11 is 0. The average molecular weight is 398 g/mol. The Morgan fingerprint density at radius 2 is 1.90 bits per heavy atom. The van der Waals surface area contributed by atoms with Crippen LogP contribution in [0.2, 0.25) is 0 Å². The van der Waals surface area contributed by atoms with Crippen LogP contribution in [-0.4, -0.2) is 63.5 Å². The van der Waals surface area contributed by atoms with Gasteiger partial charge in [-0.15, -0.1) is 0 Å². The molecular weight excluding hydrogens is 362 g/mol. The molecule has 2 aliphatic rings. The largest absolute Gasteiger partial charge is 0.340 e. The average Bonchev–Trinajstić information content (AvgIpc) is 3.27. The van der Waals surface area contributed by atoms with Crippen LogP contribution in [0.1, 0.15) is 51.8 Å². The van der Waals surface area contributed by atoms with E-state index < -0.39 is 0 Å². The summed E-state index contributed by atoms with van der Waals surface area (Å²) in [6.45, 7) is 9.08. The van der Waals surface area contributed by atoms with Crippen molar-refractivity contribution in [3.63, 3.8) is 0 Å². The van der Waals surface area contributed by atoms with Crippen molar-refractivity contribution in [2.24, 2.45) is 11.3 Å². The van der Waals surface area contributed by atoms with E-state index in [1.54, 1.807) is 0 Å². The fraction of sp³-hybridized carbons (Fsp3) is 0.696. The summed E-state index contributed by atoms with van der Waals surface area (Å²) in [7, 11) is 2.13. The Bertz CT molecular complexity index is 844. The molecule has 0 unspecified atom stereocenters. The number of imidazole rings is 1. The van der Waals surface area contributed by atoms with Crippen molar-refractivity contribution in [3.8, 4) is 0 Å². The zero-order chi connectivity index (χ0) is 20.4. The number of carbonyl (C=O) groups excluding carboxylic acids is 1. The number of nitrogens with zero attached hydrogens (tertiary/aromatic N) is 5. The zero-order valence-corrected chi connectivity index (χ0v) is 18.2. The lowest BCUT2D eigenvalue weighted by Gasteiger charge is -2.36. The summed E-state index contributed by atoms with van der Waals surface area (Å²) in [6.07, 6.45) is 8.10. The second-order valence-electron chi connectivity index (χ2n) is 9.62. The maximum Gasteiger partial charge on any atom is 0.223 e. The predicted molar refractivity (Wildman–Crippen MR) is 116 cm³/mol. The fourth-order valence-electron chi connectivity index (χ4n) is 5.06. The maximum absolute atomic E-state index is 13.2. The van der Waals surface area contributed by atoms with Crippen LogP contribution in [0.15, 0.2) is 18.3 Å². The van der Waals surface area contributed by atoms with Gasteiger partial charge in [0.05, 0.1) is 0 Å².